The number of hydrogen-bond acceptors (Lipinski definition) is 3. The summed E-state index contributed by atoms with van der Waals surface area (Å²) in [7, 11) is 1.67. The summed E-state index contributed by atoms with van der Waals surface area (Å²) in [5, 5.41) is 0. The summed E-state index contributed by atoms with van der Waals surface area (Å²) in [6, 6.07) is 7.75. The zero-order valence-electron chi connectivity index (χ0n) is 11.9. The third-order valence-electron chi connectivity index (χ3n) is 3.23. The third-order valence-corrected chi connectivity index (χ3v) is 3.52. The van der Waals surface area contributed by atoms with Gasteiger partial charge < -0.3 is 9.47 Å². The van der Waals surface area contributed by atoms with Crippen molar-refractivity contribution < 1.29 is 9.47 Å². The van der Waals surface area contributed by atoms with E-state index in [-0.39, 0.29) is 0 Å². The van der Waals surface area contributed by atoms with E-state index >= 15 is 0 Å². The third kappa shape index (κ3) is 3.05. The Hall–Kier alpha value is -1.74. The predicted molar refractivity (Wildman–Crippen MR) is 80.6 cm³/mol. The molecule has 20 heavy (non-hydrogen) atoms. The molecule has 0 spiro atoms. The monoisotopic (exact) mass is 291 g/mol. The van der Waals surface area contributed by atoms with E-state index in [0.717, 1.165) is 33.9 Å². The zero-order chi connectivity index (χ0) is 14.5. The van der Waals surface area contributed by atoms with Crippen molar-refractivity contribution >= 4 is 11.6 Å². The average Bonchev–Trinajstić information content (AvgIpc) is 2.47. The van der Waals surface area contributed by atoms with Crippen molar-refractivity contribution in [3.63, 3.8) is 0 Å². The van der Waals surface area contributed by atoms with E-state index < -0.39 is 0 Å². The molecule has 2 rings (SSSR count). The van der Waals surface area contributed by atoms with Gasteiger partial charge in [0.05, 0.1) is 18.7 Å². The lowest BCUT2D eigenvalue weighted by atomic mass is 10.1. The molecule has 4 heteroatoms. The molecule has 0 aliphatic heterocycles. The predicted octanol–water partition coefficient (Wildman–Crippen LogP) is 4.02. The first-order valence-electron chi connectivity index (χ1n) is 6.43. The number of aromatic nitrogens is 1. The summed E-state index contributed by atoms with van der Waals surface area (Å²) < 4.78 is 11.2. The van der Waals surface area contributed by atoms with Crippen LogP contribution in [-0.2, 0) is 12.5 Å². The van der Waals surface area contributed by atoms with E-state index in [9.17, 15) is 0 Å². The summed E-state index contributed by atoms with van der Waals surface area (Å²) in [6.45, 7) is 4.37. The van der Waals surface area contributed by atoms with Crippen molar-refractivity contribution in [2.24, 2.45) is 0 Å². The van der Waals surface area contributed by atoms with E-state index in [1.165, 1.54) is 0 Å². The van der Waals surface area contributed by atoms with Crippen LogP contribution in [0.2, 0.25) is 0 Å². The lowest BCUT2D eigenvalue weighted by Gasteiger charge is -2.14. The molecule has 1 heterocycles. The fraction of sp³-hybridized carbons (Fsp3) is 0.312. The smallest absolute Gasteiger partial charge is 0.131 e. The average molecular weight is 292 g/mol. The summed E-state index contributed by atoms with van der Waals surface area (Å²) in [4.78, 5) is 4.42. The number of benzene rings is 1. The second kappa shape index (κ2) is 6.62. The van der Waals surface area contributed by atoms with Gasteiger partial charge >= 0.3 is 0 Å². The first-order valence-corrected chi connectivity index (χ1v) is 6.96. The fourth-order valence-electron chi connectivity index (χ4n) is 2.12. The van der Waals surface area contributed by atoms with E-state index in [1.807, 2.05) is 38.1 Å². The van der Waals surface area contributed by atoms with Gasteiger partial charge in [0, 0.05) is 22.9 Å². The second-order valence-corrected chi connectivity index (χ2v) is 4.84. The van der Waals surface area contributed by atoms with Crippen molar-refractivity contribution in [2.75, 3.05) is 7.11 Å². The van der Waals surface area contributed by atoms with Gasteiger partial charge in [-0.05, 0) is 19.9 Å². The van der Waals surface area contributed by atoms with Crippen LogP contribution in [0, 0.1) is 13.8 Å². The van der Waals surface area contributed by atoms with Gasteiger partial charge in [-0.1, -0.05) is 18.2 Å². The van der Waals surface area contributed by atoms with Crippen LogP contribution in [0.4, 0.5) is 0 Å². The highest BCUT2D eigenvalue weighted by Crippen LogP contribution is 2.26. The Morgan fingerprint density at radius 1 is 1.20 bits per heavy atom. The van der Waals surface area contributed by atoms with Crippen LogP contribution in [-0.4, -0.2) is 12.1 Å². The van der Waals surface area contributed by atoms with E-state index in [0.29, 0.717) is 12.5 Å². The molecular formula is C16H18ClNO2. The topological polar surface area (TPSA) is 31.4 Å². The van der Waals surface area contributed by atoms with Gasteiger partial charge in [-0.25, -0.2) is 0 Å². The van der Waals surface area contributed by atoms with E-state index in [2.05, 4.69) is 4.98 Å². The van der Waals surface area contributed by atoms with Crippen LogP contribution in [0.1, 0.15) is 22.4 Å². The Balaban J connectivity index is 2.19. The Bertz CT molecular complexity index is 599. The normalized spacial score (nSPS) is 10.4. The van der Waals surface area contributed by atoms with Gasteiger partial charge in [0.1, 0.15) is 18.1 Å². The maximum Gasteiger partial charge on any atom is 0.131 e. The standard InChI is InChI=1S/C16H18ClNO2/c1-11-9-18-14(12(2)16(11)19-3)10-20-15-7-5-4-6-13(15)8-17/h4-7,9H,8,10H2,1-3H3. The Kier molecular flexibility index (Phi) is 4.85. The molecular weight excluding hydrogens is 274 g/mol. The molecule has 0 atom stereocenters. The molecule has 0 N–H and O–H groups in total. The highest BCUT2D eigenvalue weighted by atomic mass is 35.5. The Morgan fingerprint density at radius 3 is 2.65 bits per heavy atom. The van der Waals surface area contributed by atoms with Crippen molar-refractivity contribution in [1.29, 1.82) is 0 Å². The van der Waals surface area contributed by atoms with Crippen LogP contribution in [0.15, 0.2) is 30.5 Å². The van der Waals surface area contributed by atoms with Crippen LogP contribution >= 0.6 is 11.6 Å². The first kappa shape index (κ1) is 14.7. The van der Waals surface area contributed by atoms with Crippen molar-refractivity contribution in [2.45, 2.75) is 26.3 Å². The van der Waals surface area contributed by atoms with Gasteiger partial charge in [0.15, 0.2) is 0 Å². The van der Waals surface area contributed by atoms with Gasteiger partial charge in [-0.2, -0.15) is 0 Å². The number of nitrogens with zero attached hydrogens (tertiary/aromatic N) is 1. The van der Waals surface area contributed by atoms with Crippen LogP contribution in [0.3, 0.4) is 0 Å². The lowest BCUT2D eigenvalue weighted by molar-refractivity contribution is 0.296. The minimum Gasteiger partial charge on any atom is -0.496 e. The molecule has 1 aromatic carbocycles. The number of alkyl halides is 1. The molecule has 0 aliphatic carbocycles. The fourth-order valence-corrected chi connectivity index (χ4v) is 2.34. The molecule has 0 unspecified atom stereocenters. The number of para-hydroxylation sites is 1. The minimum atomic E-state index is 0.399. The quantitative estimate of drug-likeness (QED) is 0.780. The maximum absolute atomic E-state index is 5.90. The Labute approximate surface area is 124 Å². The summed E-state index contributed by atoms with van der Waals surface area (Å²) in [6.07, 6.45) is 1.80. The van der Waals surface area contributed by atoms with Gasteiger partial charge in [-0.3, -0.25) is 4.98 Å². The second-order valence-electron chi connectivity index (χ2n) is 4.58. The SMILES string of the molecule is COc1c(C)cnc(COc2ccccc2CCl)c1C. The van der Waals surface area contributed by atoms with Crippen LogP contribution in [0.25, 0.3) is 0 Å². The van der Waals surface area contributed by atoms with Gasteiger partial charge in [0.25, 0.3) is 0 Å². The number of rotatable bonds is 5. The molecule has 0 saturated carbocycles. The molecule has 0 bridgehead atoms. The van der Waals surface area contributed by atoms with E-state index in [4.69, 9.17) is 21.1 Å². The number of hydrogen-bond donors (Lipinski definition) is 0. The zero-order valence-corrected chi connectivity index (χ0v) is 12.7. The summed E-state index contributed by atoms with van der Waals surface area (Å²) >= 11 is 5.90. The molecule has 0 amide bonds. The maximum atomic E-state index is 5.90. The number of methoxy groups -OCH3 is 1. The van der Waals surface area contributed by atoms with Crippen LogP contribution in [0.5, 0.6) is 11.5 Å². The molecule has 0 aliphatic rings. The molecule has 1 aromatic heterocycles. The molecule has 106 valence electrons. The molecule has 2 aromatic rings. The van der Waals surface area contributed by atoms with Gasteiger partial charge in [0.2, 0.25) is 0 Å². The van der Waals surface area contributed by atoms with Crippen LogP contribution < -0.4 is 9.47 Å². The highest BCUT2D eigenvalue weighted by Gasteiger charge is 2.10. The number of ether oxygens (including phenoxy) is 2. The van der Waals surface area contributed by atoms with Gasteiger partial charge in [-0.15, -0.1) is 11.6 Å². The molecule has 3 nitrogen and oxygen atoms in total. The molecule has 0 fully saturated rings. The number of halogens is 1. The minimum absolute atomic E-state index is 0.399. The highest BCUT2D eigenvalue weighted by molar-refractivity contribution is 6.17. The summed E-state index contributed by atoms with van der Waals surface area (Å²) in [5.41, 5.74) is 3.88. The first-order chi connectivity index (χ1) is 9.67. The lowest BCUT2D eigenvalue weighted by Crippen LogP contribution is -2.04. The van der Waals surface area contributed by atoms with Crippen molar-refractivity contribution in [3.8, 4) is 11.5 Å². The number of aryl methyl sites for hydroxylation is 1. The largest absolute Gasteiger partial charge is 0.496 e. The van der Waals surface area contributed by atoms with Crippen molar-refractivity contribution in [1.82, 2.24) is 4.98 Å². The Morgan fingerprint density at radius 2 is 1.95 bits per heavy atom. The van der Waals surface area contributed by atoms with E-state index in [1.54, 1.807) is 13.3 Å². The summed E-state index contributed by atoms with van der Waals surface area (Å²) in [5.74, 6) is 2.09. The van der Waals surface area contributed by atoms with Crippen molar-refractivity contribution in [3.05, 3.63) is 52.8 Å². The molecule has 0 saturated heterocycles. The molecule has 0 radical (unpaired) electrons. The number of pyridine rings is 1.